The molecule has 0 aliphatic rings. The predicted octanol–water partition coefficient (Wildman–Crippen LogP) is 9.95. The van der Waals surface area contributed by atoms with Gasteiger partial charge in [0.1, 0.15) is 40.6 Å². The number of benzene rings is 6. The van der Waals surface area contributed by atoms with Crippen molar-refractivity contribution in [2.24, 2.45) is 29.6 Å². The van der Waals surface area contributed by atoms with Crippen LogP contribution in [0.2, 0.25) is 0 Å². The zero-order valence-corrected chi connectivity index (χ0v) is 72.6. The van der Waals surface area contributed by atoms with Gasteiger partial charge in [-0.15, -0.1) is 15.3 Å². The number of unbranched alkanes of at least 4 members (excludes halogenated alkanes) is 3. The van der Waals surface area contributed by atoms with Crippen molar-refractivity contribution in [2.45, 2.75) is 148 Å². The number of carbonyl (C=O) groups is 3. The molecule has 0 amide bonds. The maximum Gasteiger partial charge on any atom is 0.306 e. The maximum absolute atomic E-state index is 11.8. The van der Waals surface area contributed by atoms with Crippen LogP contribution >= 0.6 is 0 Å². The van der Waals surface area contributed by atoms with Crippen molar-refractivity contribution in [2.75, 3.05) is 139 Å². The summed E-state index contributed by atoms with van der Waals surface area (Å²) >= 11 is 0. The Kier molecular flexibility index (Phi) is 45.5. The van der Waals surface area contributed by atoms with E-state index in [0.717, 1.165) is 29.5 Å². The van der Waals surface area contributed by atoms with Crippen molar-refractivity contribution in [3.05, 3.63) is 162 Å². The van der Waals surface area contributed by atoms with E-state index in [-0.39, 0.29) is 129 Å². The molecule has 0 aliphatic carbocycles. The van der Waals surface area contributed by atoms with Crippen molar-refractivity contribution >= 4 is 18.4 Å². The SMILES string of the molecule is CC(COCCO)CC(CCCCOCCOCC(O)Cn1nnnc1-c1ccc(Oc2ccc(C(c3ccc(Oc4ccc(-c5nnnn5CC(O)COCCOCCCCC(CC(C)COCCO)C(=O)O)cc4)cc3)c3ccc(Oc4ccc(-c5nnnn5CC(O)COCCOCCCCC(CC(C)COCCO)C(=O)O)cc4)cc3)cc2)cc1)OC=O. The molecule has 9 aromatic rings. The summed E-state index contributed by atoms with van der Waals surface area (Å²) in [7, 11) is 0. The molecule has 36 heteroatoms. The number of aliphatic carboxylic acids is 2. The van der Waals surface area contributed by atoms with Gasteiger partial charge in [-0.2, -0.15) is 0 Å². The highest BCUT2D eigenvalue weighted by atomic mass is 16.6. The second kappa shape index (κ2) is 57.5. The van der Waals surface area contributed by atoms with Gasteiger partial charge in [-0.05, 0) is 239 Å². The number of carboxylic acid groups (broad SMARTS) is 2. The van der Waals surface area contributed by atoms with E-state index in [0.29, 0.717) is 199 Å². The molecule has 9 atom stereocenters. The number of hydrogen-bond donors (Lipinski definition) is 8. The third kappa shape index (κ3) is 36.8. The molecule has 9 rings (SSSR count). The van der Waals surface area contributed by atoms with Crippen LogP contribution in [0.3, 0.4) is 0 Å². The van der Waals surface area contributed by atoms with Crippen LogP contribution in [-0.2, 0) is 81.4 Å². The normalized spacial score (nSPS) is 14.0. The number of hydrogen-bond acceptors (Lipinski definition) is 31. The quantitative estimate of drug-likeness (QED) is 0.00997. The molecule has 3 heterocycles. The second-order valence-electron chi connectivity index (χ2n) is 31.4. The number of carboxylic acids is 2. The number of nitrogens with zero attached hydrogens (tertiary/aromatic N) is 12. The molecule has 9 unspecified atom stereocenters. The summed E-state index contributed by atoms with van der Waals surface area (Å²) in [5, 5.41) is 116. The zero-order valence-electron chi connectivity index (χ0n) is 72.6. The van der Waals surface area contributed by atoms with Gasteiger partial charge in [0.15, 0.2) is 17.5 Å². The van der Waals surface area contributed by atoms with E-state index in [1.807, 2.05) is 166 Å². The number of aliphatic hydroxyl groups excluding tert-OH is 6. The molecule has 692 valence electrons. The van der Waals surface area contributed by atoms with Gasteiger partial charge in [0.2, 0.25) is 0 Å². The van der Waals surface area contributed by atoms with Gasteiger partial charge in [-0.1, -0.05) is 70.0 Å². The lowest BCUT2D eigenvalue weighted by Crippen LogP contribution is -2.24. The predicted molar refractivity (Wildman–Crippen MR) is 463 cm³/mol. The Morgan fingerprint density at radius 3 is 0.913 bits per heavy atom. The number of rotatable bonds is 70. The van der Waals surface area contributed by atoms with Crippen molar-refractivity contribution in [3.8, 4) is 68.7 Å². The van der Waals surface area contributed by atoms with Gasteiger partial charge in [0.25, 0.3) is 6.47 Å². The molecule has 127 heavy (non-hydrogen) atoms. The summed E-state index contributed by atoms with van der Waals surface area (Å²) in [5.41, 5.74) is 4.98. The average Bonchev–Trinajstić information content (AvgIpc) is 1.30. The number of ether oxygens (including phenoxy) is 13. The van der Waals surface area contributed by atoms with Gasteiger partial charge < -0.3 is 102 Å². The lowest BCUT2D eigenvalue weighted by Gasteiger charge is -2.20. The minimum absolute atomic E-state index is 0.0208. The standard InChI is InChI=1S/C91H124N12O24/c1-65(58-118-43-37-104)52-74(90(111)112)10-4-7-40-115-46-49-121-61-76(108)55-101-87(92-95-98-101)71-19-31-82(32-20-71)125-79-25-13-68(14-26-79)86(69-15-27-80(28-16-69)126-83-33-21-72(22-34-83)88-93-96-99-102(88)56-77(109)62-122-50-47-116-41-8-5-11-75(91(113)114)53-66(2)59-119-44-38-105)70-17-29-81(30-18-70)127-84-35-23-73(24-36-84)89-94-97-100-103(89)57-78(110)63-123-51-48-117-42-9-6-12-85(124-64-107)54-67(3)60-120-45-39-106/h13-36,64-67,74-78,85-86,104-106,108-110H,4-12,37-63H2,1-3H3,(H,111,112)(H,113,114). The maximum atomic E-state index is 11.8. The first-order valence-electron chi connectivity index (χ1n) is 43.5. The van der Waals surface area contributed by atoms with Crippen LogP contribution in [0.25, 0.3) is 34.2 Å². The Labute approximate surface area is 739 Å². The number of tetrazole rings is 3. The van der Waals surface area contributed by atoms with Crippen LogP contribution in [0.1, 0.15) is 120 Å². The second-order valence-corrected chi connectivity index (χ2v) is 31.4. The summed E-state index contributed by atoms with van der Waals surface area (Å²) < 4.78 is 79.4. The Morgan fingerprint density at radius 2 is 0.622 bits per heavy atom. The van der Waals surface area contributed by atoms with E-state index >= 15 is 0 Å². The summed E-state index contributed by atoms with van der Waals surface area (Å²) in [6, 6.07) is 45.6. The molecule has 6 aromatic carbocycles. The number of aromatic nitrogens is 12. The number of carbonyl (C=O) groups excluding carboxylic acids is 1. The molecule has 8 N–H and O–H groups in total. The minimum Gasteiger partial charge on any atom is -0.481 e. The molecule has 0 radical (unpaired) electrons. The fourth-order valence-electron chi connectivity index (χ4n) is 14.3. The van der Waals surface area contributed by atoms with Gasteiger partial charge in [0.05, 0.1) is 149 Å². The van der Waals surface area contributed by atoms with E-state index in [2.05, 4.69) is 46.6 Å². The highest BCUT2D eigenvalue weighted by molar-refractivity contribution is 5.70. The first kappa shape index (κ1) is 101. The molecule has 0 fully saturated rings. The van der Waals surface area contributed by atoms with Gasteiger partial charge >= 0.3 is 11.9 Å². The van der Waals surface area contributed by atoms with E-state index < -0.39 is 42.1 Å². The smallest absolute Gasteiger partial charge is 0.306 e. The van der Waals surface area contributed by atoms with Crippen LogP contribution in [-0.4, -0.2) is 283 Å². The van der Waals surface area contributed by atoms with Gasteiger partial charge in [-0.25, -0.2) is 14.0 Å². The van der Waals surface area contributed by atoms with Crippen molar-refractivity contribution in [1.29, 1.82) is 0 Å². The molecular weight excluding hydrogens is 1650 g/mol. The molecule has 0 aliphatic heterocycles. The van der Waals surface area contributed by atoms with E-state index in [1.54, 1.807) is 0 Å². The molecule has 0 saturated carbocycles. The van der Waals surface area contributed by atoms with E-state index in [9.17, 15) is 39.9 Å². The van der Waals surface area contributed by atoms with Crippen LogP contribution in [0, 0.1) is 29.6 Å². The van der Waals surface area contributed by atoms with E-state index in [1.165, 1.54) is 14.0 Å². The van der Waals surface area contributed by atoms with Gasteiger partial charge in [-0.3, -0.25) is 14.4 Å². The van der Waals surface area contributed by atoms with Crippen molar-refractivity contribution in [1.82, 2.24) is 60.6 Å². The van der Waals surface area contributed by atoms with Crippen molar-refractivity contribution in [3.63, 3.8) is 0 Å². The first-order chi connectivity index (χ1) is 61.9. The third-order valence-corrected chi connectivity index (χ3v) is 20.6. The largest absolute Gasteiger partial charge is 0.481 e. The number of aliphatic hydroxyl groups is 6. The summed E-state index contributed by atoms with van der Waals surface area (Å²) in [4.78, 5) is 34.7. The van der Waals surface area contributed by atoms with Gasteiger partial charge in [0, 0.05) is 62.2 Å². The molecular formula is C91H124N12O24. The topological polar surface area (TPSA) is 464 Å². The summed E-state index contributed by atoms with van der Waals surface area (Å²) in [6.07, 6.45) is 4.83. The average molecular weight is 1770 g/mol. The fraction of sp³-hybridized carbons (Fsp3) is 0.538. The first-order valence-corrected chi connectivity index (χ1v) is 43.5. The molecule has 36 nitrogen and oxygen atoms in total. The fourth-order valence-corrected chi connectivity index (χ4v) is 14.3. The molecule has 0 bridgehead atoms. The lowest BCUT2D eigenvalue weighted by atomic mass is 9.85. The molecule has 3 aromatic heterocycles. The van der Waals surface area contributed by atoms with Crippen molar-refractivity contribution < 1.29 is 117 Å². The van der Waals surface area contributed by atoms with Crippen LogP contribution in [0.15, 0.2) is 146 Å². The van der Waals surface area contributed by atoms with E-state index in [4.69, 9.17) is 76.9 Å². The van der Waals surface area contributed by atoms with Crippen LogP contribution in [0.4, 0.5) is 0 Å². The monoisotopic (exact) mass is 1770 g/mol. The lowest BCUT2D eigenvalue weighted by molar-refractivity contribution is -0.143. The Hall–Kier alpha value is -10.3. The Morgan fingerprint density at radius 1 is 0.346 bits per heavy atom. The highest BCUT2D eigenvalue weighted by Crippen LogP contribution is 2.38. The minimum atomic E-state index is -0.921. The van der Waals surface area contributed by atoms with Crippen LogP contribution < -0.4 is 14.2 Å². The Bertz CT molecular complexity index is 4290. The Balaban J connectivity index is 0.768. The summed E-state index contributed by atoms with van der Waals surface area (Å²) in [5.74, 6) is 2.19. The molecule has 0 spiro atoms. The molecule has 0 saturated heterocycles. The summed E-state index contributed by atoms with van der Waals surface area (Å²) in [6.45, 7) is 11.7. The highest BCUT2D eigenvalue weighted by Gasteiger charge is 2.26. The third-order valence-electron chi connectivity index (χ3n) is 20.6. The zero-order chi connectivity index (χ0) is 90.0. The van der Waals surface area contributed by atoms with Crippen LogP contribution in [0.5, 0.6) is 34.5 Å².